The Labute approximate surface area is 125 Å². The normalized spacial score (nSPS) is 16.2. The van der Waals surface area contributed by atoms with Crippen LogP contribution in [-0.2, 0) is 4.74 Å². The Bertz CT molecular complexity index is 569. The summed E-state index contributed by atoms with van der Waals surface area (Å²) in [6.07, 6.45) is 5.52. The number of aromatic nitrogens is 2. The van der Waals surface area contributed by atoms with Crippen molar-refractivity contribution in [3.05, 3.63) is 30.5 Å². The summed E-state index contributed by atoms with van der Waals surface area (Å²) in [4.78, 5) is 8.81. The van der Waals surface area contributed by atoms with Gasteiger partial charge in [-0.15, -0.1) is 0 Å². The van der Waals surface area contributed by atoms with Crippen LogP contribution in [0.15, 0.2) is 30.5 Å². The van der Waals surface area contributed by atoms with E-state index in [1.165, 1.54) is 0 Å². The van der Waals surface area contributed by atoms with Crippen molar-refractivity contribution in [2.75, 3.05) is 31.6 Å². The Balaban J connectivity index is 1.39. The van der Waals surface area contributed by atoms with Gasteiger partial charge in [-0.2, -0.15) is 0 Å². The molecular weight excluding hydrogens is 264 g/mol. The molecule has 1 aliphatic rings. The van der Waals surface area contributed by atoms with E-state index in [0.717, 1.165) is 56.4 Å². The van der Waals surface area contributed by atoms with Gasteiger partial charge in [0, 0.05) is 24.7 Å². The molecule has 0 radical (unpaired) electrons. The van der Waals surface area contributed by atoms with Crippen LogP contribution < -0.4 is 10.6 Å². The molecule has 21 heavy (non-hydrogen) atoms. The van der Waals surface area contributed by atoms with Gasteiger partial charge in [0.25, 0.3) is 0 Å². The predicted molar refractivity (Wildman–Crippen MR) is 84.5 cm³/mol. The highest BCUT2D eigenvalue weighted by molar-refractivity contribution is 5.78. The first-order valence-corrected chi connectivity index (χ1v) is 7.70. The molecule has 0 atom stereocenters. The van der Waals surface area contributed by atoms with Gasteiger partial charge in [-0.05, 0) is 38.4 Å². The highest BCUT2D eigenvalue weighted by atomic mass is 16.5. The molecule has 0 unspecified atom stereocenters. The zero-order chi connectivity index (χ0) is 14.3. The highest BCUT2D eigenvalue weighted by Crippen LogP contribution is 2.11. The van der Waals surface area contributed by atoms with Gasteiger partial charge in [0.15, 0.2) is 0 Å². The Morgan fingerprint density at radius 2 is 2.10 bits per heavy atom. The quantitative estimate of drug-likeness (QED) is 0.797. The van der Waals surface area contributed by atoms with Crippen molar-refractivity contribution in [2.24, 2.45) is 0 Å². The standard InChI is InChI=1S/C16H22N4O/c1-2-5-15-13(4-1)12-19-16(20-15)18-8-3-11-21-14-6-9-17-10-7-14/h1-2,4-5,12,14,17H,3,6-11H2,(H,18,19,20). The number of nitrogens with zero attached hydrogens (tertiary/aromatic N) is 2. The number of anilines is 1. The molecular formula is C16H22N4O. The van der Waals surface area contributed by atoms with E-state index < -0.39 is 0 Å². The van der Waals surface area contributed by atoms with Crippen LogP contribution in [0.1, 0.15) is 19.3 Å². The van der Waals surface area contributed by atoms with E-state index in [2.05, 4.69) is 20.6 Å². The number of para-hydroxylation sites is 1. The van der Waals surface area contributed by atoms with Crippen LogP contribution >= 0.6 is 0 Å². The lowest BCUT2D eigenvalue weighted by Gasteiger charge is -2.22. The zero-order valence-electron chi connectivity index (χ0n) is 12.2. The lowest BCUT2D eigenvalue weighted by atomic mass is 10.1. The summed E-state index contributed by atoms with van der Waals surface area (Å²) in [5.41, 5.74) is 0.973. The molecule has 0 bridgehead atoms. The van der Waals surface area contributed by atoms with Gasteiger partial charge in [-0.1, -0.05) is 18.2 Å². The molecule has 2 heterocycles. The molecule has 1 aliphatic heterocycles. The van der Waals surface area contributed by atoms with Crippen molar-refractivity contribution >= 4 is 16.9 Å². The molecule has 112 valence electrons. The van der Waals surface area contributed by atoms with E-state index in [9.17, 15) is 0 Å². The fourth-order valence-corrected chi connectivity index (χ4v) is 2.54. The monoisotopic (exact) mass is 286 g/mol. The summed E-state index contributed by atoms with van der Waals surface area (Å²) in [6.45, 7) is 3.79. The van der Waals surface area contributed by atoms with Crippen LogP contribution in [0.25, 0.3) is 10.9 Å². The van der Waals surface area contributed by atoms with Crippen LogP contribution in [0.3, 0.4) is 0 Å². The van der Waals surface area contributed by atoms with Crippen molar-refractivity contribution in [3.63, 3.8) is 0 Å². The number of fused-ring (bicyclic) bond motifs is 1. The third kappa shape index (κ3) is 4.12. The molecule has 0 spiro atoms. The Morgan fingerprint density at radius 3 is 3.00 bits per heavy atom. The number of ether oxygens (including phenoxy) is 1. The van der Waals surface area contributed by atoms with Crippen LogP contribution in [-0.4, -0.2) is 42.3 Å². The summed E-state index contributed by atoms with van der Waals surface area (Å²) in [5.74, 6) is 0.690. The third-order valence-corrected chi connectivity index (χ3v) is 3.73. The summed E-state index contributed by atoms with van der Waals surface area (Å²) >= 11 is 0. The van der Waals surface area contributed by atoms with Crippen molar-refractivity contribution in [3.8, 4) is 0 Å². The van der Waals surface area contributed by atoms with E-state index in [-0.39, 0.29) is 0 Å². The van der Waals surface area contributed by atoms with E-state index in [1.54, 1.807) is 0 Å². The molecule has 0 amide bonds. The lowest BCUT2D eigenvalue weighted by molar-refractivity contribution is 0.0329. The minimum absolute atomic E-state index is 0.433. The molecule has 3 rings (SSSR count). The van der Waals surface area contributed by atoms with Crippen LogP contribution in [0.2, 0.25) is 0 Å². The fraction of sp³-hybridized carbons (Fsp3) is 0.500. The maximum Gasteiger partial charge on any atom is 0.223 e. The van der Waals surface area contributed by atoms with Crippen molar-refractivity contribution in [1.29, 1.82) is 0 Å². The summed E-state index contributed by atoms with van der Waals surface area (Å²) < 4.78 is 5.87. The van der Waals surface area contributed by atoms with Gasteiger partial charge in [-0.3, -0.25) is 0 Å². The SMILES string of the molecule is c1ccc2nc(NCCCOC3CCNCC3)ncc2c1. The van der Waals surface area contributed by atoms with Gasteiger partial charge in [-0.25, -0.2) is 9.97 Å². The molecule has 1 fully saturated rings. The smallest absolute Gasteiger partial charge is 0.223 e. The Kier molecular flexibility index (Phi) is 4.97. The summed E-state index contributed by atoms with van der Waals surface area (Å²) in [6, 6.07) is 8.01. The minimum Gasteiger partial charge on any atom is -0.378 e. The first-order chi connectivity index (χ1) is 10.4. The van der Waals surface area contributed by atoms with E-state index in [0.29, 0.717) is 12.1 Å². The van der Waals surface area contributed by atoms with E-state index in [1.807, 2.05) is 30.5 Å². The van der Waals surface area contributed by atoms with Gasteiger partial charge < -0.3 is 15.4 Å². The second-order valence-corrected chi connectivity index (χ2v) is 5.35. The molecule has 0 aliphatic carbocycles. The van der Waals surface area contributed by atoms with Crippen LogP contribution in [0.4, 0.5) is 5.95 Å². The average molecular weight is 286 g/mol. The van der Waals surface area contributed by atoms with Gasteiger partial charge >= 0.3 is 0 Å². The summed E-state index contributed by atoms with van der Waals surface area (Å²) in [5, 5.41) is 7.67. The largest absolute Gasteiger partial charge is 0.378 e. The van der Waals surface area contributed by atoms with Crippen molar-refractivity contribution in [2.45, 2.75) is 25.4 Å². The molecule has 2 aromatic rings. The van der Waals surface area contributed by atoms with E-state index >= 15 is 0 Å². The minimum atomic E-state index is 0.433. The molecule has 1 aromatic carbocycles. The lowest BCUT2D eigenvalue weighted by Crippen LogP contribution is -2.32. The van der Waals surface area contributed by atoms with Gasteiger partial charge in [0.05, 0.1) is 11.6 Å². The molecule has 2 N–H and O–H groups in total. The summed E-state index contributed by atoms with van der Waals surface area (Å²) in [7, 11) is 0. The zero-order valence-corrected chi connectivity index (χ0v) is 12.2. The first kappa shape index (κ1) is 14.2. The second kappa shape index (κ2) is 7.33. The second-order valence-electron chi connectivity index (χ2n) is 5.35. The van der Waals surface area contributed by atoms with Gasteiger partial charge in [0.2, 0.25) is 5.95 Å². The highest BCUT2D eigenvalue weighted by Gasteiger charge is 2.12. The number of nitrogens with one attached hydrogen (secondary N) is 2. The maximum atomic E-state index is 5.87. The number of benzene rings is 1. The van der Waals surface area contributed by atoms with Crippen molar-refractivity contribution < 1.29 is 4.74 Å². The van der Waals surface area contributed by atoms with Crippen LogP contribution in [0, 0.1) is 0 Å². The fourth-order valence-electron chi connectivity index (χ4n) is 2.54. The first-order valence-electron chi connectivity index (χ1n) is 7.70. The number of rotatable bonds is 6. The number of hydrogen-bond donors (Lipinski definition) is 2. The molecule has 0 saturated carbocycles. The third-order valence-electron chi connectivity index (χ3n) is 3.73. The Hall–Kier alpha value is -1.72. The topological polar surface area (TPSA) is 59.1 Å². The molecule has 1 aromatic heterocycles. The molecule has 5 heteroatoms. The predicted octanol–water partition coefficient (Wildman–Crippen LogP) is 2.20. The molecule has 1 saturated heterocycles. The number of piperidine rings is 1. The van der Waals surface area contributed by atoms with Gasteiger partial charge in [0.1, 0.15) is 0 Å². The Morgan fingerprint density at radius 1 is 1.24 bits per heavy atom. The molecule has 5 nitrogen and oxygen atoms in total. The number of hydrogen-bond acceptors (Lipinski definition) is 5. The van der Waals surface area contributed by atoms with Crippen LogP contribution in [0.5, 0.6) is 0 Å². The van der Waals surface area contributed by atoms with E-state index in [4.69, 9.17) is 4.74 Å². The maximum absolute atomic E-state index is 5.87. The average Bonchev–Trinajstić information content (AvgIpc) is 2.55. The van der Waals surface area contributed by atoms with Crippen molar-refractivity contribution in [1.82, 2.24) is 15.3 Å².